The van der Waals surface area contributed by atoms with Gasteiger partial charge in [-0.25, -0.2) is 5.01 Å². The summed E-state index contributed by atoms with van der Waals surface area (Å²) >= 11 is 1.41. The van der Waals surface area contributed by atoms with Crippen LogP contribution in [-0.2, 0) is 4.79 Å². The van der Waals surface area contributed by atoms with Crippen molar-refractivity contribution in [2.24, 2.45) is 10.1 Å². The predicted octanol–water partition coefficient (Wildman–Crippen LogP) is 1.81. The molecule has 0 aromatic heterocycles. The number of amides is 1. The van der Waals surface area contributed by atoms with E-state index in [0.717, 1.165) is 27.3 Å². The minimum Gasteiger partial charge on any atom is -0.298 e. The highest BCUT2D eigenvalue weighted by atomic mass is 32.2. The second-order valence-corrected chi connectivity index (χ2v) is 6.93. The number of hydrazone groups is 1. The highest BCUT2D eigenvalue weighted by Gasteiger charge is 2.34. The fraction of sp³-hybridized carbons (Fsp3) is 0.211. The predicted molar refractivity (Wildman–Crippen MR) is 100 cm³/mol. The van der Waals surface area contributed by atoms with Crippen LogP contribution in [0.1, 0.15) is 22.9 Å². The van der Waals surface area contributed by atoms with Crippen molar-refractivity contribution in [1.82, 2.24) is 10.3 Å². The van der Waals surface area contributed by atoms with Gasteiger partial charge in [-0.05, 0) is 31.7 Å². The maximum Gasteiger partial charge on any atom is 0.276 e. The molecule has 2 aliphatic heterocycles. The molecule has 126 valence electrons. The Bertz CT molecular complexity index is 1030. The molecule has 5 nitrogen and oxygen atoms in total. The van der Waals surface area contributed by atoms with E-state index in [0.29, 0.717) is 10.9 Å². The van der Waals surface area contributed by atoms with Crippen molar-refractivity contribution >= 4 is 28.5 Å². The number of hydrogen-bond acceptors (Lipinski definition) is 5. The number of thioether (sulfide) groups is 1. The molecule has 6 heteroatoms. The Kier molecular flexibility index (Phi) is 3.84. The molecule has 0 radical (unpaired) electrons. The number of carbonyl (C=O) groups excluding carboxylic acids is 1. The van der Waals surface area contributed by atoms with Crippen molar-refractivity contribution in [3.8, 4) is 0 Å². The minimum absolute atomic E-state index is 0.142. The van der Waals surface area contributed by atoms with Gasteiger partial charge in [-0.3, -0.25) is 15.1 Å². The van der Waals surface area contributed by atoms with Crippen LogP contribution in [0.25, 0.3) is 5.70 Å². The second kappa shape index (κ2) is 6.04. The molecule has 4 rings (SSSR count). The zero-order valence-electron chi connectivity index (χ0n) is 14.3. The summed E-state index contributed by atoms with van der Waals surface area (Å²) in [5.74, 6) is -0.142. The first-order chi connectivity index (χ1) is 12.1. The van der Waals surface area contributed by atoms with Crippen LogP contribution in [0.15, 0.2) is 52.6 Å². The number of benzene rings is 2. The van der Waals surface area contributed by atoms with Gasteiger partial charge in [0.2, 0.25) is 0 Å². The normalized spacial score (nSPS) is 18.8. The first-order valence-electron chi connectivity index (χ1n) is 8.06. The smallest absolute Gasteiger partial charge is 0.276 e. The zero-order chi connectivity index (χ0) is 17.6. The number of aryl methyl sites for hydroxylation is 2. The molecular weight excluding hydrogens is 332 g/mol. The molecule has 1 N–H and O–H groups in total. The summed E-state index contributed by atoms with van der Waals surface area (Å²) < 4.78 is 0. The number of nitrogens with zero attached hydrogens (tertiary/aromatic N) is 3. The molecule has 2 heterocycles. The highest BCUT2D eigenvalue weighted by Crippen LogP contribution is 2.32. The lowest BCUT2D eigenvalue weighted by atomic mass is 10.0. The molecule has 25 heavy (non-hydrogen) atoms. The van der Waals surface area contributed by atoms with Gasteiger partial charge < -0.3 is 0 Å². The van der Waals surface area contributed by atoms with Crippen molar-refractivity contribution in [3.05, 3.63) is 69.7 Å². The van der Waals surface area contributed by atoms with Crippen LogP contribution in [0.4, 0.5) is 0 Å². The summed E-state index contributed by atoms with van der Waals surface area (Å²) in [7, 11) is 0. The summed E-state index contributed by atoms with van der Waals surface area (Å²) in [5.41, 5.74) is 3.90. The summed E-state index contributed by atoms with van der Waals surface area (Å²) in [5, 5.41) is 11.5. The first-order valence-corrected chi connectivity index (χ1v) is 9.28. The van der Waals surface area contributed by atoms with Crippen molar-refractivity contribution in [3.63, 3.8) is 0 Å². The molecular formula is C19H18N4OS. The van der Waals surface area contributed by atoms with Crippen molar-refractivity contribution in [1.29, 1.82) is 0 Å². The number of amidine groups is 1. The molecule has 0 spiro atoms. The molecule has 1 atom stereocenters. The van der Waals surface area contributed by atoms with Gasteiger partial charge >= 0.3 is 0 Å². The summed E-state index contributed by atoms with van der Waals surface area (Å²) in [6.07, 6.45) is 1.55. The summed E-state index contributed by atoms with van der Waals surface area (Å²) in [6.45, 7) is 4.12. The molecule has 0 aliphatic carbocycles. The average molecular weight is 350 g/mol. The lowest BCUT2D eigenvalue weighted by Crippen LogP contribution is -2.50. The molecule has 0 unspecified atom stereocenters. The van der Waals surface area contributed by atoms with E-state index in [1.807, 2.05) is 30.5 Å². The van der Waals surface area contributed by atoms with E-state index >= 15 is 0 Å². The molecule has 0 fully saturated rings. The largest absolute Gasteiger partial charge is 0.298 e. The maximum atomic E-state index is 12.8. The standard InChI is InChI=1S/C19H18N4OS/c1-11-8-9-12(2)14(10-11)17-20-15-7-5-4-6-13(15)16-18(24)21-19(25-3)22-23(16)17/h4-10,17H,1-3H3,(H,21,22,24)/t17-/m1/s1. The van der Waals surface area contributed by atoms with E-state index in [9.17, 15) is 4.79 Å². The molecule has 2 aromatic rings. The quantitative estimate of drug-likeness (QED) is 0.853. The van der Waals surface area contributed by atoms with Crippen molar-refractivity contribution in [2.45, 2.75) is 20.0 Å². The van der Waals surface area contributed by atoms with E-state index in [2.05, 4.69) is 42.5 Å². The van der Waals surface area contributed by atoms with E-state index in [1.54, 1.807) is 5.01 Å². The van der Waals surface area contributed by atoms with Gasteiger partial charge in [0.15, 0.2) is 11.3 Å². The van der Waals surface area contributed by atoms with Gasteiger partial charge in [-0.15, -0.1) is 5.10 Å². The van der Waals surface area contributed by atoms with E-state index < -0.39 is 0 Å². The van der Waals surface area contributed by atoms with Crippen molar-refractivity contribution < 1.29 is 4.79 Å². The molecule has 0 saturated carbocycles. The molecule has 2 aromatic carbocycles. The van der Waals surface area contributed by atoms with Gasteiger partial charge in [-0.2, -0.15) is 0 Å². The highest BCUT2D eigenvalue weighted by molar-refractivity contribution is 8.13. The number of para-hydroxylation sites is 1. The van der Waals surface area contributed by atoms with Gasteiger partial charge in [0.05, 0.1) is 5.36 Å². The number of carbonyl (C=O) groups is 1. The van der Waals surface area contributed by atoms with Gasteiger partial charge in [0.1, 0.15) is 5.70 Å². The number of hydrogen-bond donors (Lipinski definition) is 1. The Morgan fingerprint density at radius 1 is 1.16 bits per heavy atom. The van der Waals surface area contributed by atoms with Gasteiger partial charge in [-0.1, -0.05) is 53.7 Å². The summed E-state index contributed by atoms with van der Waals surface area (Å²) in [4.78, 5) is 17.7. The molecule has 1 amide bonds. The first kappa shape index (κ1) is 15.9. The monoisotopic (exact) mass is 350 g/mol. The van der Waals surface area contributed by atoms with Crippen LogP contribution in [-0.4, -0.2) is 22.3 Å². The Morgan fingerprint density at radius 3 is 2.76 bits per heavy atom. The van der Waals surface area contributed by atoms with Gasteiger partial charge in [0, 0.05) is 10.8 Å². The van der Waals surface area contributed by atoms with Crippen molar-refractivity contribution in [2.75, 3.05) is 6.26 Å². The maximum absolute atomic E-state index is 12.8. The third kappa shape index (κ3) is 2.62. The van der Waals surface area contributed by atoms with E-state index in [1.165, 1.54) is 11.8 Å². The molecule has 0 saturated heterocycles. The van der Waals surface area contributed by atoms with Crippen LogP contribution in [0.3, 0.4) is 0 Å². The fourth-order valence-corrected chi connectivity index (χ4v) is 3.52. The van der Waals surface area contributed by atoms with Crippen LogP contribution < -0.4 is 15.9 Å². The lowest BCUT2D eigenvalue weighted by molar-refractivity contribution is -0.116. The Labute approximate surface area is 150 Å². The topological polar surface area (TPSA) is 57.1 Å². The number of fused-ring (bicyclic) bond motifs is 2. The van der Waals surface area contributed by atoms with E-state index in [-0.39, 0.29) is 12.1 Å². The number of rotatable bonds is 1. The molecule has 0 bridgehead atoms. The number of nitrogens with one attached hydrogen (secondary N) is 1. The van der Waals surface area contributed by atoms with Crippen LogP contribution in [0, 0.1) is 13.8 Å². The van der Waals surface area contributed by atoms with Crippen LogP contribution in [0.2, 0.25) is 0 Å². The third-order valence-corrected chi connectivity index (χ3v) is 4.99. The Hall–Kier alpha value is -2.60. The lowest BCUT2D eigenvalue weighted by Gasteiger charge is -2.34. The summed E-state index contributed by atoms with van der Waals surface area (Å²) in [6, 6.07) is 14.0. The second-order valence-electron chi connectivity index (χ2n) is 6.14. The average Bonchev–Trinajstić information content (AvgIpc) is 2.62. The Morgan fingerprint density at radius 2 is 1.96 bits per heavy atom. The van der Waals surface area contributed by atoms with Gasteiger partial charge in [0.25, 0.3) is 5.91 Å². The van der Waals surface area contributed by atoms with Crippen LogP contribution in [0.5, 0.6) is 0 Å². The van der Waals surface area contributed by atoms with Crippen LogP contribution >= 0.6 is 11.8 Å². The minimum atomic E-state index is -0.349. The SMILES string of the molecule is CSC1=NN2C(=c3ccccc3=N[C@H]2c2cc(C)ccc2C)C(=O)N1. The Balaban J connectivity index is 2.02. The third-order valence-electron chi connectivity index (χ3n) is 4.42. The molecule has 2 aliphatic rings. The zero-order valence-corrected chi connectivity index (χ0v) is 15.1. The fourth-order valence-electron chi connectivity index (χ4n) is 3.16. The van der Waals surface area contributed by atoms with E-state index in [4.69, 9.17) is 4.99 Å².